The molecule has 3 aromatic rings. The fourth-order valence-electron chi connectivity index (χ4n) is 2.33. The van der Waals surface area contributed by atoms with Gasteiger partial charge in [-0.2, -0.15) is 0 Å². The van der Waals surface area contributed by atoms with Crippen molar-refractivity contribution in [2.45, 2.75) is 18.2 Å². The summed E-state index contributed by atoms with van der Waals surface area (Å²) >= 11 is 3.66. The van der Waals surface area contributed by atoms with E-state index in [2.05, 4.69) is 25.9 Å². The minimum atomic E-state index is -0.650. The molecule has 0 radical (unpaired) electrons. The van der Waals surface area contributed by atoms with Crippen molar-refractivity contribution in [3.63, 3.8) is 0 Å². The second-order valence-corrected chi connectivity index (χ2v) is 5.64. The Morgan fingerprint density at radius 2 is 1.86 bits per heavy atom. The summed E-state index contributed by atoms with van der Waals surface area (Å²) in [6.45, 7) is 2.03. The Morgan fingerprint density at radius 1 is 1.14 bits per heavy atom. The Labute approximate surface area is 128 Å². The quantitative estimate of drug-likeness (QED) is 0.564. The molecule has 0 aliphatic carbocycles. The normalized spacial score (nSPS) is 12.7. The Kier molecular flexibility index (Phi) is 3.55. The van der Waals surface area contributed by atoms with Gasteiger partial charge in [0.25, 0.3) is 0 Å². The molecule has 21 heavy (non-hydrogen) atoms. The van der Waals surface area contributed by atoms with Gasteiger partial charge in [-0.3, -0.25) is 9.59 Å². The lowest BCUT2D eigenvalue weighted by molar-refractivity contribution is 0.512. The third kappa shape index (κ3) is 2.47. The zero-order valence-corrected chi connectivity index (χ0v) is 12.9. The standard InChI is InChI=1S/C15H13BrN2O3/c1-2-12-9(5-6-21-12)13(16)8-3-4-10-11(7-8)18-15(20)14(19)17-10/h3-7,13H,2H2,1H3,(H,17,19)(H,18,20). The number of aromatic nitrogens is 2. The van der Waals surface area contributed by atoms with Gasteiger partial charge in [0.1, 0.15) is 5.76 Å². The highest BCUT2D eigenvalue weighted by molar-refractivity contribution is 9.09. The number of halogens is 1. The monoisotopic (exact) mass is 348 g/mol. The van der Waals surface area contributed by atoms with Crippen molar-refractivity contribution >= 4 is 27.0 Å². The molecule has 1 unspecified atom stereocenters. The van der Waals surface area contributed by atoms with Crippen molar-refractivity contribution in [1.29, 1.82) is 0 Å². The van der Waals surface area contributed by atoms with Crippen molar-refractivity contribution in [2.24, 2.45) is 0 Å². The Balaban J connectivity index is 2.10. The van der Waals surface area contributed by atoms with E-state index in [0.29, 0.717) is 11.0 Å². The summed E-state index contributed by atoms with van der Waals surface area (Å²) in [5.41, 5.74) is 1.94. The van der Waals surface area contributed by atoms with Crippen LogP contribution in [-0.4, -0.2) is 9.97 Å². The molecule has 0 saturated carbocycles. The Hall–Kier alpha value is -2.08. The lowest BCUT2D eigenvalue weighted by atomic mass is 10.0. The van der Waals surface area contributed by atoms with Gasteiger partial charge in [0.05, 0.1) is 22.1 Å². The second-order valence-electron chi connectivity index (χ2n) is 4.73. The van der Waals surface area contributed by atoms with Crippen LogP contribution in [0.2, 0.25) is 0 Å². The highest BCUT2D eigenvalue weighted by Crippen LogP contribution is 2.34. The van der Waals surface area contributed by atoms with Gasteiger partial charge < -0.3 is 14.4 Å². The van der Waals surface area contributed by atoms with Crippen LogP contribution in [0.4, 0.5) is 0 Å². The second kappa shape index (κ2) is 5.37. The summed E-state index contributed by atoms with van der Waals surface area (Å²) in [6, 6.07) is 7.46. The summed E-state index contributed by atoms with van der Waals surface area (Å²) in [6.07, 6.45) is 2.48. The van der Waals surface area contributed by atoms with Crippen molar-refractivity contribution in [2.75, 3.05) is 0 Å². The van der Waals surface area contributed by atoms with E-state index in [1.165, 1.54) is 0 Å². The van der Waals surface area contributed by atoms with Gasteiger partial charge >= 0.3 is 11.1 Å². The van der Waals surface area contributed by atoms with E-state index >= 15 is 0 Å². The van der Waals surface area contributed by atoms with Gasteiger partial charge in [-0.15, -0.1) is 0 Å². The first-order valence-electron chi connectivity index (χ1n) is 6.56. The van der Waals surface area contributed by atoms with Gasteiger partial charge in [-0.05, 0) is 23.8 Å². The zero-order valence-electron chi connectivity index (χ0n) is 11.3. The van der Waals surface area contributed by atoms with Crippen molar-refractivity contribution in [3.05, 3.63) is 68.1 Å². The lowest BCUT2D eigenvalue weighted by Gasteiger charge is -2.11. The molecule has 1 aromatic carbocycles. The summed E-state index contributed by atoms with van der Waals surface area (Å²) in [5, 5.41) is 0. The first-order valence-corrected chi connectivity index (χ1v) is 7.48. The number of aryl methyl sites for hydroxylation is 1. The summed E-state index contributed by atoms with van der Waals surface area (Å²) in [5.74, 6) is 0.923. The molecule has 2 heterocycles. The number of rotatable bonds is 3. The Morgan fingerprint density at radius 3 is 2.57 bits per heavy atom. The number of furan rings is 1. The number of alkyl halides is 1. The smallest absolute Gasteiger partial charge is 0.314 e. The molecule has 6 heteroatoms. The number of fused-ring (bicyclic) bond motifs is 1. The maximum absolute atomic E-state index is 11.4. The number of hydrogen-bond donors (Lipinski definition) is 2. The van der Waals surface area contributed by atoms with E-state index in [-0.39, 0.29) is 4.83 Å². The molecule has 0 saturated heterocycles. The predicted octanol–water partition coefficient (Wildman–Crippen LogP) is 2.86. The third-order valence-electron chi connectivity index (χ3n) is 3.41. The molecule has 2 aromatic heterocycles. The molecule has 5 nitrogen and oxygen atoms in total. The fraction of sp³-hybridized carbons (Fsp3) is 0.200. The van der Waals surface area contributed by atoms with E-state index < -0.39 is 11.1 Å². The first kappa shape index (κ1) is 13.9. The third-order valence-corrected chi connectivity index (χ3v) is 4.43. The molecular weight excluding hydrogens is 336 g/mol. The van der Waals surface area contributed by atoms with Crippen LogP contribution in [0, 0.1) is 0 Å². The van der Waals surface area contributed by atoms with Crippen molar-refractivity contribution in [1.82, 2.24) is 9.97 Å². The molecule has 108 valence electrons. The molecule has 0 amide bonds. The van der Waals surface area contributed by atoms with E-state index in [1.54, 1.807) is 12.3 Å². The molecule has 0 aliphatic heterocycles. The van der Waals surface area contributed by atoms with Crippen molar-refractivity contribution < 1.29 is 4.42 Å². The highest BCUT2D eigenvalue weighted by Gasteiger charge is 2.16. The average Bonchev–Trinajstić information content (AvgIpc) is 2.95. The number of nitrogens with one attached hydrogen (secondary N) is 2. The molecule has 0 fully saturated rings. The van der Waals surface area contributed by atoms with Gasteiger partial charge in [0, 0.05) is 12.0 Å². The van der Waals surface area contributed by atoms with Crippen LogP contribution in [0.25, 0.3) is 11.0 Å². The summed E-state index contributed by atoms with van der Waals surface area (Å²) in [7, 11) is 0. The van der Waals surface area contributed by atoms with E-state index in [0.717, 1.165) is 23.3 Å². The number of hydrogen-bond acceptors (Lipinski definition) is 3. The molecule has 3 rings (SSSR count). The Bertz CT molecular complexity index is 907. The number of benzene rings is 1. The molecule has 1 atom stereocenters. The minimum absolute atomic E-state index is 0.0361. The molecule has 2 N–H and O–H groups in total. The van der Waals surface area contributed by atoms with Crippen LogP contribution >= 0.6 is 15.9 Å². The van der Waals surface area contributed by atoms with Crippen LogP contribution < -0.4 is 11.1 Å². The zero-order chi connectivity index (χ0) is 15.0. The van der Waals surface area contributed by atoms with Crippen LogP contribution in [0.5, 0.6) is 0 Å². The van der Waals surface area contributed by atoms with Gasteiger partial charge in [0.15, 0.2) is 0 Å². The SMILES string of the molecule is CCc1occc1C(Br)c1ccc2[nH]c(=O)c(=O)[nH]c2c1. The van der Waals surface area contributed by atoms with Crippen LogP contribution in [-0.2, 0) is 6.42 Å². The predicted molar refractivity (Wildman–Crippen MR) is 84.0 cm³/mol. The summed E-state index contributed by atoms with van der Waals surface area (Å²) < 4.78 is 5.44. The first-order chi connectivity index (χ1) is 10.1. The maximum Gasteiger partial charge on any atom is 0.314 e. The number of H-pyrrole nitrogens is 2. The fourth-order valence-corrected chi connectivity index (χ4v) is 3.03. The van der Waals surface area contributed by atoms with E-state index in [1.807, 2.05) is 25.1 Å². The lowest BCUT2D eigenvalue weighted by Crippen LogP contribution is -2.28. The van der Waals surface area contributed by atoms with Gasteiger partial charge in [0.2, 0.25) is 0 Å². The molecule has 0 bridgehead atoms. The minimum Gasteiger partial charge on any atom is -0.469 e. The largest absolute Gasteiger partial charge is 0.469 e. The van der Waals surface area contributed by atoms with Crippen LogP contribution in [0.3, 0.4) is 0 Å². The topological polar surface area (TPSA) is 78.9 Å². The number of aromatic amines is 2. The molecule has 0 spiro atoms. The maximum atomic E-state index is 11.4. The molecular formula is C15H13BrN2O3. The van der Waals surface area contributed by atoms with Gasteiger partial charge in [-0.25, -0.2) is 0 Å². The summed E-state index contributed by atoms with van der Waals surface area (Å²) in [4.78, 5) is 27.8. The van der Waals surface area contributed by atoms with E-state index in [9.17, 15) is 9.59 Å². The highest BCUT2D eigenvalue weighted by atomic mass is 79.9. The van der Waals surface area contributed by atoms with Gasteiger partial charge in [-0.1, -0.05) is 28.9 Å². The average molecular weight is 349 g/mol. The van der Waals surface area contributed by atoms with E-state index in [4.69, 9.17) is 4.42 Å². The van der Waals surface area contributed by atoms with Crippen LogP contribution in [0.1, 0.15) is 28.6 Å². The van der Waals surface area contributed by atoms with Crippen molar-refractivity contribution in [3.8, 4) is 0 Å². The molecule has 0 aliphatic rings. The van der Waals surface area contributed by atoms with Crippen LogP contribution in [0.15, 0.2) is 44.5 Å².